The molecule has 0 aliphatic heterocycles. The van der Waals surface area contributed by atoms with Gasteiger partial charge in [-0.15, -0.1) is 0 Å². The first-order chi connectivity index (χ1) is 16.2. The second-order valence-corrected chi connectivity index (χ2v) is 9.09. The number of rotatable bonds is 10. The Labute approximate surface area is 199 Å². The van der Waals surface area contributed by atoms with E-state index in [2.05, 4.69) is 10.0 Å². The van der Waals surface area contributed by atoms with Gasteiger partial charge >= 0.3 is 0 Å². The number of sulfonamides is 1. The Kier molecular flexibility index (Phi) is 7.72. The zero-order chi connectivity index (χ0) is 24.9. The van der Waals surface area contributed by atoms with Gasteiger partial charge in [0.25, 0.3) is 15.9 Å². The molecule has 0 bridgehead atoms. The molecule has 0 spiro atoms. The van der Waals surface area contributed by atoms with Crippen LogP contribution < -0.4 is 24.2 Å². The molecular weight excluding hydrogens is 460 g/mol. The Balaban J connectivity index is 1.95. The van der Waals surface area contributed by atoms with Crippen LogP contribution in [0.2, 0.25) is 0 Å². The molecule has 1 heterocycles. The maximum Gasteiger partial charge on any atom is 0.261 e. The van der Waals surface area contributed by atoms with Gasteiger partial charge in [-0.3, -0.25) is 9.52 Å². The molecule has 1 amide bonds. The lowest BCUT2D eigenvalue weighted by molar-refractivity contribution is 0.0935. The van der Waals surface area contributed by atoms with Crippen LogP contribution in [-0.4, -0.2) is 35.2 Å². The highest BCUT2D eigenvalue weighted by Crippen LogP contribution is 2.35. The molecule has 10 heteroatoms. The highest BCUT2D eigenvalue weighted by atomic mass is 32.2. The number of ether oxygens (including phenoxy) is 3. The number of methoxy groups -OCH3 is 2. The fourth-order valence-corrected chi connectivity index (χ4v) is 4.34. The van der Waals surface area contributed by atoms with E-state index < -0.39 is 22.0 Å². The molecule has 0 aliphatic carbocycles. The van der Waals surface area contributed by atoms with Crippen molar-refractivity contribution in [2.45, 2.75) is 31.7 Å². The summed E-state index contributed by atoms with van der Waals surface area (Å²) < 4.78 is 50.2. The van der Waals surface area contributed by atoms with Crippen LogP contribution in [0.15, 0.2) is 57.8 Å². The maximum atomic E-state index is 13.2. The molecule has 1 unspecified atom stereocenters. The zero-order valence-electron chi connectivity index (χ0n) is 19.7. The normalized spacial score (nSPS) is 12.0. The number of hydrogen-bond acceptors (Lipinski definition) is 7. The van der Waals surface area contributed by atoms with Gasteiger partial charge in [0.15, 0.2) is 11.5 Å². The van der Waals surface area contributed by atoms with E-state index in [1.54, 1.807) is 38.1 Å². The van der Waals surface area contributed by atoms with Crippen LogP contribution in [0.3, 0.4) is 0 Å². The number of furan rings is 1. The van der Waals surface area contributed by atoms with Gasteiger partial charge in [0.1, 0.15) is 17.3 Å². The Bertz CT molecular complexity index is 1250. The molecule has 1 atom stereocenters. The smallest absolute Gasteiger partial charge is 0.261 e. The summed E-state index contributed by atoms with van der Waals surface area (Å²) in [6.45, 7) is 5.87. The van der Waals surface area contributed by atoms with Crippen LogP contribution in [0.25, 0.3) is 0 Å². The van der Waals surface area contributed by atoms with Gasteiger partial charge in [0, 0.05) is 6.07 Å². The van der Waals surface area contributed by atoms with Crippen LogP contribution >= 0.6 is 0 Å². The predicted octanol–water partition coefficient (Wildman–Crippen LogP) is 4.30. The molecule has 0 saturated carbocycles. The molecule has 0 fully saturated rings. The summed E-state index contributed by atoms with van der Waals surface area (Å²) in [6, 6.07) is 11.9. The highest BCUT2D eigenvalue weighted by molar-refractivity contribution is 7.92. The predicted molar refractivity (Wildman–Crippen MR) is 127 cm³/mol. The number of hydrogen-bond donors (Lipinski definition) is 2. The van der Waals surface area contributed by atoms with E-state index in [1.807, 2.05) is 6.92 Å². The fraction of sp³-hybridized carbons (Fsp3) is 0.292. The number of carbonyl (C=O) groups excluding carboxylic acids is 1. The first-order valence-electron chi connectivity index (χ1n) is 10.6. The van der Waals surface area contributed by atoms with Crippen molar-refractivity contribution in [2.24, 2.45) is 0 Å². The quantitative estimate of drug-likeness (QED) is 0.437. The van der Waals surface area contributed by atoms with E-state index in [1.165, 1.54) is 38.5 Å². The van der Waals surface area contributed by atoms with Crippen LogP contribution in [0, 0.1) is 6.92 Å². The average molecular weight is 489 g/mol. The summed E-state index contributed by atoms with van der Waals surface area (Å²) >= 11 is 0. The summed E-state index contributed by atoms with van der Waals surface area (Å²) in [5.74, 6) is 1.85. The van der Waals surface area contributed by atoms with Gasteiger partial charge in [-0.2, -0.15) is 0 Å². The number of carbonyl (C=O) groups is 1. The minimum atomic E-state index is -4.02. The molecule has 1 aromatic heterocycles. The third kappa shape index (κ3) is 5.63. The van der Waals surface area contributed by atoms with Gasteiger partial charge in [0.05, 0.1) is 43.0 Å². The van der Waals surface area contributed by atoms with Crippen molar-refractivity contribution < 1.29 is 31.8 Å². The Hall–Kier alpha value is -3.66. The van der Waals surface area contributed by atoms with Crippen molar-refractivity contribution in [1.82, 2.24) is 5.32 Å². The monoisotopic (exact) mass is 488 g/mol. The van der Waals surface area contributed by atoms with Crippen molar-refractivity contribution >= 4 is 21.6 Å². The number of benzene rings is 2. The lowest BCUT2D eigenvalue weighted by atomic mass is 10.1. The Morgan fingerprint density at radius 2 is 1.68 bits per heavy atom. The average Bonchev–Trinajstić information content (AvgIpc) is 3.25. The molecule has 182 valence electrons. The third-order valence-corrected chi connectivity index (χ3v) is 6.37. The summed E-state index contributed by atoms with van der Waals surface area (Å²) in [4.78, 5) is 13.2. The number of amides is 1. The first kappa shape index (κ1) is 25.0. The van der Waals surface area contributed by atoms with Crippen LogP contribution in [0.5, 0.6) is 17.2 Å². The zero-order valence-corrected chi connectivity index (χ0v) is 20.5. The van der Waals surface area contributed by atoms with Gasteiger partial charge in [-0.25, -0.2) is 8.42 Å². The molecule has 0 saturated heterocycles. The van der Waals surface area contributed by atoms with E-state index >= 15 is 0 Å². The second-order valence-electron chi connectivity index (χ2n) is 7.41. The summed E-state index contributed by atoms with van der Waals surface area (Å²) in [5, 5.41) is 2.82. The van der Waals surface area contributed by atoms with Crippen molar-refractivity contribution in [3.05, 3.63) is 65.6 Å². The van der Waals surface area contributed by atoms with Crippen LogP contribution in [-0.2, 0) is 10.0 Å². The summed E-state index contributed by atoms with van der Waals surface area (Å²) in [6.07, 6.45) is 0. The molecule has 3 rings (SSSR count). The van der Waals surface area contributed by atoms with E-state index in [0.717, 1.165) is 0 Å². The highest BCUT2D eigenvalue weighted by Gasteiger charge is 2.24. The van der Waals surface area contributed by atoms with E-state index in [0.29, 0.717) is 23.9 Å². The second kappa shape index (κ2) is 10.5. The number of aryl methyl sites for hydroxylation is 1. The Morgan fingerprint density at radius 3 is 2.24 bits per heavy atom. The van der Waals surface area contributed by atoms with E-state index in [4.69, 9.17) is 18.6 Å². The molecule has 9 nitrogen and oxygen atoms in total. The molecule has 0 aliphatic rings. The van der Waals surface area contributed by atoms with Gasteiger partial charge in [-0.1, -0.05) is 0 Å². The third-order valence-electron chi connectivity index (χ3n) is 4.99. The van der Waals surface area contributed by atoms with Gasteiger partial charge < -0.3 is 23.9 Å². The molecule has 2 N–H and O–H groups in total. The van der Waals surface area contributed by atoms with Gasteiger partial charge in [0.2, 0.25) is 0 Å². The largest absolute Gasteiger partial charge is 0.494 e. The fourth-order valence-electron chi connectivity index (χ4n) is 3.27. The molecule has 0 radical (unpaired) electrons. The van der Waals surface area contributed by atoms with E-state index in [-0.39, 0.29) is 27.6 Å². The molecular formula is C24H28N2O7S. The standard InChI is InChI=1S/C24H28N2O7S/c1-6-32-17-8-10-18(11-9-17)34(28,29)26-20-14-23(31-5)22(30-4)13-19(20)24(27)25-16(3)21-12-7-15(2)33-21/h7-14,16,26H,6H2,1-5H3,(H,25,27). The lowest BCUT2D eigenvalue weighted by Gasteiger charge is -2.18. The van der Waals surface area contributed by atoms with Crippen molar-refractivity contribution in [2.75, 3.05) is 25.5 Å². The SMILES string of the molecule is CCOc1ccc(S(=O)(=O)Nc2cc(OC)c(OC)cc2C(=O)NC(C)c2ccc(C)o2)cc1. The maximum absolute atomic E-state index is 13.2. The van der Waals surface area contributed by atoms with E-state index in [9.17, 15) is 13.2 Å². The number of anilines is 1. The van der Waals surface area contributed by atoms with Crippen molar-refractivity contribution in [3.8, 4) is 17.2 Å². The van der Waals surface area contributed by atoms with Crippen molar-refractivity contribution in [1.29, 1.82) is 0 Å². The molecule has 2 aromatic carbocycles. The number of nitrogens with one attached hydrogen (secondary N) is 2. The van der Waals surface area contributed by atoms with Crippen LogP contribution in [0.4, 0.5) is 5.69 Å². The lowest BCUT2D eigenvalue weighted by Crippen LogP contribution is -2.28. The molecule has 3 aromatic rings. The topological polar surface area (TPSA) is 116 Å². The minimum absolute atomic E-state index is 0.0107. The molecule has 34 heavy (non-hydrogen) atoms. The first-order valence-corrected chi connectivity index (χ1v) is 12.1. The van der Waals surface area contributed by atoms with Crippen molar-refractivity contribution in [3.63, 3.8) is 0 Å². The summed E-state index contributed by atoms with van der Waals surface area (Å²) in [7, 11) is -1.17. The summed E-state index contributed by atoms with van der Waals surface area (Å²) in [5.41, 5.74) is 0.0918. The van der Waals surface area contributed by atoms with Crippen LogP contribution in [0.1, 0.15) is 41.8 Å². The Morgan fingerprint density at radius 1 is 1.03 bits per heavy atom. The minimum Gasteiger partial charge on any atom is -0.494 e. The van der Waals surface area contributed by atoms with Gasteiger partial charge in [-0.05, 0) is 63.2 Å².